The number of carbonyl (C=O) groups excluding carboxylic acids is 1. The summed E-state index contributed by atoms with van der Waals surface area (Å²) in [6, 6.07) is 0. The summed E-state index contributed by atoms with van der Waals surface area (Å²) < 4.78 is 0. The molecule has 2 atom stereocenters. The Balaban J connectivity index is 0. The number of hydrogen-bond acceptors (Lipinski definition) is 7. The van der Waals surface area contributed by atoms with Crippen LogP contribution in [0.2, 0.25) is 0 Å². The maximum atomic E-state index is 9.90. The van der Waals surface area contributed by atoms with Crippen LogP contribution in [-0.4, -0.2) is 73.6 Å². The third kappa shape index (κ3) is 13.0. The molecule has 12 heteroatoms. The maximum absolute atomic E-state index is 9.90. The molecule has 3 aliphatic heterocycles. The van der Waals surface area contributed by atoms with Gasteiger partial charge in [0.25, 0.3) is 0 Å². The first-order valence-corrected chi connectivity index (χ1v) is 23.8. The molecule has 3 heterocycles. The maximum Gasteiger partial charge on any atom is 0 e. The Hall–Kier alpha value is 3.57. The summed E-state index contributed by atoms with van der Waals surface area (Å²) in [5.74, 6) is 0.435. The van der Waals surface area contributed by atoms with E-state index in [0.29, 0.717) is 11.4 Å². The second kappa shape index (κ2) is 20.7. The Morgan fingerprint density at radius 3 is 1.43 bits per heavy atom. The smallest absolute Gasteiger partial charge is 0 e. The van der Waals surface area contributed by atoms with Gasteiger partial charge in [-0.05, 0) is 51.6 Å². The van der Waals surface area contributed by atoms with Crippen molar-refractivity contribution in [3.8, 4) is 0 Å². The predicted molar refractivity (Wildman–Crippen MR) is 153 cm³/mol. The molecule has 2 aliphatic carbocycles. The minimum absolute atomic E-state index is 0. The van der Waals surface area contributed by atoms with Crippen molar-refractivity contribution in [3.63, 3.8) is 0 Å². The molecule has 0 aromatic heterocycles. The van der Waals surface area contributed by atoms with Crippen LogP contribution in [-0.2, 0) is 55.3 Å². The molecular formula is C18H36I3N4OS2V2-2. The van der Waals surface area contributed by atoms with Gasteiger partial charge >= 0.3 is 64.9 Å². The predicted octanol–water partition coefficient (Wildman–Crippen LogP) is 3.31. The van der Waals surface area contributed by atoms with Gasteiger partial charge in [-0.15, -0.1) is 0 Å². The zero-order valence-corrected chi connectivity index (χ0v) is 28.6. The van der Waals surface area contributed by atoms with E-state index < -0.39 is 0 Å². The quantitative estimate of drug-likeness (QED) is 0.221. The number of carbonyl (C=O) groups is 1. The van der Waals surface area contributed by atoms with Gasteiger partial charge in [0.1, 0.15) is 5.78 Å². The van der Waals surface area contributed by atoms with E-state index >= 15 is 0 Å². The van der Waals surface area contributed by atoms with Crippen LogP contribution in [0, 0.1) is 0 Å². The van der Waals surface area contributed by atoms with Crippen molar-refractivity contribution in [2.45, 2.75) is 57.0 Å². The van der Waals surface area contributed by atoms with Gasteiger partial charge in [0, 0.05) is 70.7 Å². The number of thiol groups is 2. The van der Waals surface area contributed by atoms with E-state index in [9.17, 15) is 4.79 Å². The van der Waals surface area contributed by atoms with Crippen molar-refractivity contribution in [2.24, 2.45) is 0 Å². The number of rotatable bonds is 0. The van der Waals surface area contributed by atoms with Gasteiger partial charge in [0.2, 0.25) is 0 Å². The molecule has 0 amide bonds. The first-order chi connectivity index (χ1) is 13.0. The Bertz CT molecular complexity index is 409. The number of Topliss-reactive ketones (excluding diaryl/α,β-unsaturated/α-hetero) is 1. The summed E-state index contributed by atoms with van der Waals surface area (Å²) in [7, 11) is 0. The number of ketones is 1. The molecule has 179 valence electrons. The SMILES string of the molecule is C1CN2CCN(C1)C21CCC1.C1CNCCNC1.O=C1CCC1.[I][V]([I])[I].[SH-].[SH-].[V]. The third-order valence-corrected chi connectivity index (χ3v) is 5.92. The zero-order chi connectivity index (χ0) is 19.5. The van der Waals surface area contributed by atoms with Crippen molar-refractivity contribution in [1.82, 2.24) is 20.4 Å². The summed E-state index contributed by atoms with van der Waals surface area (Å²) in [4.78, 5) is 15.1. The number of halogens is 3. The van der Waals surface area contributed by atoms with E-state index in [-0.39, 0.29) is 50.5 Å². The van der Waals surface area contributed by atoms with Gasteiger partial charge in [0.15, 0.2) is 0 Å². The molecule has 2 unspecified atom stereocenters. The van der Waals surface area contributed by atoms with Gasteiger partial charge < -0.3 is 37.6 Å². The average molecular weight is 871 g/mol. The summed E-state index contributed by atoms with van der Waals surface area (Å²) in [6.45, 7) is 10.1. The van der Waals surface area contributed by atoms with Crippen molar-refractivity contribution in [2.75, 3.05) is 52.4 Å². The molecule has 30 heavy (non-hydrogen) atoms. The molecule has 2 saturated carbocycles. The zero-order valence-electron chi connectivity index (χ0n) is 17.5. The van der Waals surface area contributed by atoms with Gasteiger partial charge in [-0.25, -0.2) is 0 Å². The van der Waals surface area contributed by atoms with Gasteiger partial charge in [-0.2, -0.15) is 0 Å². The summed E-state index contributed by atoms with van der Waals surface area (Å²) >= 11 is 7.39. The monoisotopic (exact) mass is 871 g/mol. The van der Waals surface area contributed by atoms with Crippen LogP contribution in [0.25, 0.3) is 0 Å². The average Bonchev–Trinajstić information content (AvgIpc) is 2.83. The molecule has 5 fully saturated rings. The van der Waals surface area contributed by atoms with Gasteiger partial charge in [-0.1, -0.05) is 0 Å². The van der Waals surface area contributed by atoms with Crippen LogP contribution in [0.1, 0.15) is 51.4 Å². The third-order valence-electron chi connectivity index (χ3n) is 5.92. The molecule has 3 saturated heterocycles. The van der Waals surface area contributed by atoms with Crippen LogP contribution in [0.5, 0.6) is 0 Å². The van der Waals surface area contributed by atoms with Crippen molar-refractivity contribution >= 4 is 92.7 Å². The molecule has 5 nitrogen and oxygen atoms in total. The van der Waals surface area contributed by atoms with Crippen LogP contribution < -0.4 is 10.6 Å². The van der Waals surface area contributed by atoms with Gasteiger partial charge in [-0.3, -0.25) is 14.6 Å². The topological polar surface area (TPSA) is 47.6 Å². The minimum Gasteiger partial charge on any atom is -0.813 e. The standard InChI is InChI=1S/C9H16N2.C5H12N2.C4H6O.3HI.2H2S.2V/c1-3-9(4-1)10-5-2-6-11(9)8-7-10;1-2-6-4-5-7-3-1;5-4-2-1-3-4;;;;;;;/h1-8H2;6-7H,1-5H2;1-3H2;3*1H;2*1H2;;/q;;;;;;;;;+3/p-5. The Labute approximate surface area is 247 Å². The number of nitrogens with one attached hydrogen (secondary N) is 2. The number of hydrogen-bond donors (Lipinski definition) is 2. The van der Waals surface area contributed by atoms with Crippen LogP contribution in [0.4, 0.5) is 0 Å². The van der Waals surface area contributed by atoms with Crippen LogP contribution in [0.3, 0.4) is 0 Å². The fraction of sp³-hybridized carbons (Fsp3) is 0.944. The van der Waals surface area contributed by atoms with E-state index in [1.807, 2.05) is 0 Å². The summed E-state index contributed by atoms with van der Waals surface area (Å²) in [5, 5.41) is 6.57. The molecule has 5 rings (SSSR count). The second-order valence-corrected chi connectivity index (χ2v) is 43.0. The van der Waals surface area contributed by atoms with E-state index in [2.05, 4.69) is 80.4 Å². The first-order valence-electron chi connectivity index (χ1n) is 10.3. The summed E-state index contributed by atoms with van der Waals surface area (Å²) in [6.07, 6.45) is 9.88. The molecule has 0 aromatic carbocycles. The van der Waals surface area contributed by atoms with Crippen molar-refractivity contribution in [1.29, 1.82) is 0 Å². The Morgan fingerprint density at radius 1 is 0.733 bits per heavy atom. The molecule has 5 aliphatic rings. The van der Waals surface area contributed by atoms with Crippen molar-refractivity contribution in [3.05, 3.63) is 0 Å². The van der Waals surface area contributed by atoms with Crippen molar-refractivity contribution < 1.29 is 28.3 Å². The summed E-state index contributed by atoms with van der Waals surface area (Å²) in [5.41, 5.74) is 0.595. The van der Waals surface area contributed by atoms with E-state index in [1.165, 1.54) is 71.4 Å². The Kier molecular flexibility index (Phi) is 24.7. The molecule has 0 aromatic rings. The normalized spacial score (nSPS) is 27.3. The van der Waals surface area contributed by atoms with Gasteiger partial charge in [0.05, 0.1) is 5.66 Å². The van der Waals surface area contributed by atoms with E-state index in [1.54, 1.807) is 0 Å². The molecule has 1 spiro atoms. The number of nitrogens with zero attached hydrogens (tertiary/aromatic N) is 2. The molecular weight excluding hydrogens is 835 g/mol. The van der Waals surface area contributed by atoms with Crippen LogP contribution >= 0.6 is 59.9 Å². The molecule has 2 bridgehead atoms. The fourth-order valence-electron chi connectivity index (χ4n) is 4.16. The Morgan fingerprint density at radius 2 is 1.17 bits per heavy atom. The minimum atomic E-state index is -0.278. The fourth-order valence-corrected chi connectivity index (χ4v) is 4.16. The molecule has 2 N–H and O–H groups in total. The molecule has 1 radical (unpaired) electrons. The largest absolute Gasteiger partial charge is 0.813 e. The first kappa shape index (κ1) is 35.7. The van der Waals surface area contributed by atoms with E-state index in [0.717, 1.165) is 32.4 Å². The van der Waals surface area contributed by atoms with Crippen LogP contribution in [0.15, 0.2) is 0 Å². The second-order valence-electron chi connectivity index (χ2n) is 7.60. The van der Waals surface area contributed by atoms with E-state index in [4.69, 9.17) is 0 Å².